The number of aliphatic carboxylic acids is 1. The summed E-state index contributed by atoms with van der Waals surface area (Å²) in [5.41, 5.74) is -1.24. The zero-order chi connectivity index (χ0) is 13.7. The van der Waals surface area contributed by atoms with E-state index in [9.17, 15) is 18.0 Å². The SMILES string of the molecule is CC(C)(C)C(=O)O.FC(F)(F)c1c[c-]ccc1.[Zn]. The van der Waals surface area contributed by atoms with E-state index in [1.165, 1.54) is 12.1 Å². The van der Waals surface area contributed by atoms with Crippen molar-refractivity contribution >= 4 is 5.97 Å². The molecule has 0 aliphatic heterocycles. The smallest absolute Gasteiger partial charge is 0.370 e. The van der Waals surface area contributed by atoms with Crippen LogP contribution in [0.1, 0.15) is 26.3 Å². The maximum absolute atomic E-state index is 11.8. The molecule has 2 nitrogen and oxygen atoms in total. The Morgan fingerprint density at radius 1 is 1.28 bits per heavy atom. The molecular weight excluding hydrogens is 299 g/mol. The van der Waals surface area contributed by atoms with Crippen molar-refractivity contribution in [1.29, 1.82) is 0 Å². The molecule has 1 aromatic carbocycles. The second kappa shape index (κ2) is 7.52. The monoisotopic (exact) mass is 311 g/mol. The van der Waals surface area contributed by atoms with Crippen LogP contribution in [0.4, 0.5) is 13.2 Å². The van der Waals surface area contributed by atoms with Crippen molar-refractivity contribution in [2.24, 2.45) is 5.41 Å². The number of carbonyl (C=O) groups is 1. The third-order valence-corrected chi connectivity index (χ3v) is 1.68. The van der Waals surface area contributed by atoms with E-state index in [0.29, 0.717) is 0 Å². The number of hydrogen-bond donors (Lipinski definition) is 1. The van der Waals surface area contributed by atoms with Crippen LogP contribution in [0.15, 0.2) is 24.3 Å². The largest absolute Gasteiger partial charge is 0.481 e. The van der Waals surface area contributed by atoms with Crippen molar-refractivity contribution in [2.45, 2.75) is 26.9 Å². The summed E-state index contributed by atoms with van der Waals surface area (Å²) in [5.74, 6) is -0.757. The zero-order valence-corrected chi connectivity index (χ0v) is 13.5. The van der Waals surface area contributed by atoms with Crippen LogP contribution in [0.2, 0.25) is 0 Å². The molecule has 1 rings (SSSR count). The van der Waals surface area contributed by atoms with Crippen LogP contribution in [0.25, 0.3) is 0 Å². The number of carboxylic acids is 1. The predicted molar refractivity (Wildman–Crippen MR) is 57.4 cm³/mol. The first kappa shape index (κ1) is 19.4. The molecule has 98 valence electrons. The van der Waals surface area contributed by atoms with Gasteiger partial charge in [-0.2, -0.15) is 43.5 Å². The topological polar surface area (TPSA) is 37.3 Å². The molecule has 0 spiro atoms. The first-order chi connectivity index (χ1) is 7.55. The minimum absolute atomic E-state index is 0. The van der Waals surface area contributed by atoms with Crippen molar-refractivity contribution < 1.29 is 42.6 Å². The van der Waals surface area contributed by atoms with E-state index in [0.717, 1.165) is 12.1 Å². The molecule has 1 aromatic rings. The Balaban J connectivity index is 0. The average Bonchev–Trinajstić information content (AvgIpc) is 2.17. The number of hydrogen-bond acceptors (Lipinski definition) is 1. The summed E-state index contributed by atoms with van der Waals surface area (Å²) in [6, 6.07) is 7.01. The van der Waals surface area contributed by atoms with Crippen LogP contribution in [-0.2, 0) is 30.4 Å². The van der Waals surface area contributed by atoms with Crippen LogP contribution in [-0.4, -0.2) is 11.1 Å². The molecule has 0 atom stereocenters. The summed E-state index contributed by atoms with van der Waals surface area (Å²) >= 11 is 0. The molecule has 0 saturated carbocycles. The maximum atomic E-state index is 11.8. The van der Waals surface area contributed by atoms with E-state index >= 15 is 0 Å². The third-order valence-electron chi connectivity index (χ3n) is 1.68. The van der Waals surface area contributed by atoms with E-state index in [1.807, 2.05) is 0 Å². The van der Waals surface area contributed by atoms with Crippen LogP contribution >= 0.6 is 0 Å². The van der Waals surface area contributed by atoms with Gasteiger partial charge in [0.25, 0.3) is 0 Å². The Morgan fingerprint density at radius 3 is 1.89 bits per heavy atom. The van der Waals surface area contributed by atoms with Gasteiger partial charge in [0, 0.05) is 19.5 Å². The average molecular weight is 313 g/mol. The molecule has 18 heavy (non-hydrogen) atoms. The number of rotatable bonds is 0. The van der Waals surface area contributed by atoms with Gasteiger partial charge in [0.05, 0.1) is 5.41 Å². The molecule has 0 aliphatic rings. The quantitative estimate of drug-likeness (QED) is 0.587. The van der Waals surface area contributed by atoms with Gasteiger partial charge in [0.1, 0.15) is 0 Å². The Bertz CT molecular complexity index is 356. The fourth-order valence-corrected chi connectivity index (χ4v) is 0.570. The van der Waals surface area contributed by atoms with Crippen LogP contribution in [0.5, 0.6) is 0 Å². The van der Waals surface area contributed by atoms with Crippen molar-refractivity contribution in [3.05, 3.63) is 35.9 Å². The maximum Gasteiger partial charge on any atom is 0.370 e. The summed E-state index contributed by atoms with van der Waals surface area (Å²) in [7, 11) is 0. The van der Waals surface area contributed by atoms with Gasteiger partial charge in [-0.25, -0.2) is 0 Å². The minimum atomic E-state index is -4.24. The molecule has 0 heterocycles. The van der Waals surface area contributed by atoms with E-state index in [4.69, 9.17) is 5.11 Å². The van der Waals surface area contributed by atoms with Crippen LogP contribution in [0.3, 0.4) is 0 Å². The summed E-state index contributed by atoms with van der Waals surface area (Å²) in [5, 5.41) is 8.25. The summed E-state index contributed by atoms with van der Waals surface area (Å²) < 4.78 is 35.3. The molecule has 1 N–H and O–H groups in total. The Hall–Kier alpha value is -0.897. The van der Waals surface area contributed by atoms with E-state index in [-0.39, 0.29) is 19.5 Å². The van der Waals surface area contributed by atoms with E-state index < -0.39 is 23.1 Å². The molecule has 0 aromatic heterocycles. The molecule has 0 bridgehead atoms. The van der Waals surface area contributed by atoms with Gasteiger partial charge in [-0.1, -0.05) is 5.56 Å². The molecule has 0 aliphatic carbocycles. The van der Waals surface area contributed by atoms with E-state index in [2.05, 4.69) is 6.07 Å². The van der Waals surface area contributed by atoms with Crippen LogP contribution in [0, 0.1) is 11.5 Å². The standard InChI is InChI=1S/C7H4F3.C5H10O2.Zn/c8-7(9,10)6-4-2-1-3-5-6;1-5(2,3)4(6)7;/h1-2,4-5H;1-3H3,(H,6,7);/q-1;;. The van der Waals surface area contributed by atoms with E-state index in [1.54, 1.807) is 20.8 Å². The van der Waals surface area contributed by atoms with Crippen molar-refractivity contribution in [3.63, 3.8) is 0 Å². The Morgan fingerprint density at radius 2 is 1.72 bits per heavy atom. The minimum Gasteiger partial charge on any atom is -0.481 e. The van der Waals surface area contributed by atoms with Crippen molar-refractivity contribution in [3.8, 4) is 0 Å². The zero-order valence-electron chi connectivity index (χ0n) is 10.5. The van der Waals surface area contributed by atoms with Crippen molar-refractivity contribution in [2.75, 3.05) is 0 Å². The first-order valence-corrected chi connectivity index (χ1v) is 4.82. The number of alkyl halides is 3. The molecule has 0 fully saturated rings. The molecule has 6 heteroatoms. The van der Waals surface area contributed by atoms with Gasteiger partial charge in [0.15, 0.2) is 0 Å². The van der Waals surface area contributed by atoms with Crippen molar-refractivity contribution in [1.82, 2.24) is 0 Å². The fourth-order valence-electron chi connectivity index (χ4n) is 0.570. The molecule has 0 amide bonds. The van der Waals surface area contributed by atoms with Gasteiger partial charge in [-0.15, -0.1) is 0 Å². The second-order valence-electron chi connectivity index (χ2n) is 4.35. The number of benzene rings is 1. The normalized spacial score (nSPS) is 10.8. The molecule has 0 saturated heterocycles. The Kier molecular flexibility index (Phi) is 8.12. The van der Waals surface area contributed by atoms with Gasteiger partial charge >= 0.3 is 12.1 Å². The second-order valence-corrected chi connectivity index (χ2v) is 4.35. The fraction of sp³-hybridized carbons (Fsp3) is 0.417. The summed E-state index contributed by atoms with van der Waals surface area (Å²) in [6.45, 7) is 4.99. The third kappa shape index (κ3) is 8.23. The molecule has 0 unspecified atom stereocenters. The number of halogens is 3. The summed E-state index contributed by atoms with van der Waals surface area (Å²) in [6.07, 6.45) is -4.24. The number of carboxylic acid groups (broad SMARTS) is 1. The van der Waals surface area contributed by atoms with Gasteiger partial charge in [-0.05, 0) is 20.8 Å². The molecular formula is C12H14F3O2Zn-. The van der Waals surface area contributed by atoms with Crippen LogP contribution < -0.4 is 0 Å². The van der Waals surface area contributed by atoms with Gasteiger partial charge in [0.2, 0.25) is 0 Å². The first-order valence-electron chi connectivity index (χ1n) is 4.82. The van der Waals surface area contributed by atoms with Gasteiger partial charge < -0.3 is 5.11 Å². The van der Waals surface area contributed by atoms with Gasteiger partial charge in [-0.3, -0.25) is 4.79 Å². The Labute approximate surface area is 117 Å². The molecule has 0 radical (unpaired) electrons. The summed E-state index contributed by atoms with van der Waals surface area (Å²) in [4.78, 5) is 10.0. The predicted octanol–water partition coefficient (Wildman–Crippen LogP) is 3.62.